The highest BCUT2D eigenvalue weighted by atomic mass is 16.2. The van der Waals surface area contributed by atoms with E-state index in [1.54, 1.807) is 13.8 Å². The van der Waals surface area contributed by atoms with Crippen molar-refractivity contribution in [1.82, 2.24) is 20.9 Å². The zero-order valence-electron chi connectivity index (χ0n) is 15.9. The van der Waals surface area contributed by atoms with E-state index in [0.29, 0.717) is 12.1 Å². The molecule has 0 aliphatic carbocycles. The van der Waals surface area contributed by atoms with Crippen LogP contribution in [0.3, 0.4) is 0 Å². The van der Waals surface area contributed by atoms with Crippen LogP contribution < -0.4 is 16.0 Å². The summed E-state index contributed by atoms with van der Waals surface area (Å²) in [6.45, 7) is 5.29. The van der Waals surface area contributed by atoms with Crippen LogP contribution in [0.2, 0.25) is 0 Å². The Bertz CT molecular complexity index is 732. The Labute approximate surface area is 158 Å². The van der Waals surface area contributed by atoms with Gasteiger partial charge in [-0.15, -0.1) is 0 Å². The third-order valence-corrected chi connectivity index (χ3v) is 4.47. The van der Waals surface area contributed by atoms with Gasteiger partial charge in [-0.2, -0.15) is 0 Å². The lowest BCUT2D eigenvalue weighted by Crippen LogP contribution is -2.45. The van der Waals surface area contributed by atoms with Gasteiger partial charge in [-0.3, -0.25) is 19.3 Å². The fourth-order valence-electron chi connectivity index (χ4n) is 2.97. The highest BCUT2D eigenvalue weighted by Gasteiger charge is 2.49. The highest BCUT2D eigenvalue weighted by molar-refractivity contribution is 6.09. The van der Waals surface area contributed by atoms with Gasteiger partial charge in [0.25, 0.3) is 5.91 Å². The van der Waals surface area contributed by atoms with Gasteiger partial charge >= 0.3 is 6.03 Å². The monoisotopic (exact) mass is 374 g/mol. The summed E-state index contributed by atoms with van der Waals surface area (Å²) in [6.07, 6.45) is 1.96. The van der Waals surface area contributed by atoms with Crippen LogP contribution in [-0.4, -0.2) is 48.3 Å². The lowest BCUT2D eigenvalue weighted by molar-refractivity contribution is -0.135. The average Bonchev–Trinajstić information content (AvgIpc) is 2.85. The maximum atomic E-state index is 12.8. The van der Waals surface area contributed by atoms with E-state index in [-0.39, 0.29) is 12.5 Å². The Morgan fingerprint density at radius 1 is 1.07 bits per heavy atom. The van der Waals surface area contributed by atoms with Crippen LogP contribution in [-0.2, 0) is 26.3 Å². The summed E-state index contributed by atoms with van der Waals surface area (Å²) in [5.74, 6) is -1.41. The zero-order chi connectivity index (χ0) is 20.0. The highest BCUT2D eigenvalue weighted by Crippen LogP contribution is 2.29. The van der Waals surface area contributed by atoms with Crippen molar-refractivity contribution in [1.29, 1.82) is 0 Å². The molecule has 0 spiro atoms. The number of urea groups is 1. The smallest absolute Gasteiger partial charge is 0.325 e. The summed E-state index contributed by atoms with van der Waals surface area (Å²) in [7, 11) is 0. The van der Waals surface area contributed by atoms with E-state index >= 15 is 0 Å². The van der Waals surface area contributed by atoms with Crippen molar-refractivity contribution in [2.75, 3.05) is 19.6 Å². The number of imide groups is 1. The number of hydrogen-bond acceptors (Lipinski definition) is 4. The lowest BCUT2D eigenvalue weighted by atomic mass is 9.91. The molecule has 1 saturated heterocycles. The number of aryl methyl sites for hydroxylation is 1. The first kappa shape index (κ1) is 20.4. The first-order valence-electron chi connectivity index (χ1n) is 9.08. The fourth-order valence-corrected chi connectivity index (χ4v) is 2.97. The molecule has 1 fully saturated rings. The van der Waals surface area contributed by atoms with Crippen molar-refractivity contribution in [2.24, 2.45) is 0 Å². The molecule has 27 heavy (non-hydrogen) atoms. The van der Waals surface area contributed by atoms with Gasteiger partial charge in [-0.1, -0.05) is 37.6 Å². The predicted octanol–water partition coefficient (Wildman–Crippen LogP) is 0.658. The second-order valence-corrected chi connectivity index (χ2v) is 6.62. The molecule has 146 valence electrons. The molecule has 3 N–H and O–H groups in total. The summed E-state index contributed by atoms with van der Waals surface area (Å²) in [6, 6.07) is 6.88. The van der Waals surface area contributed by atoms with Crippen molar-refractivity contribution in [3.8, 4) is 0 Å². The summed E-state index contributed by atoms with van der Waals surface area (Å²) < 4.78 is 0. The van der Waals surface area contributed by atoms with Gasteiger partial charge in [0.2, 0.25) is 11.8 Å². The number of nitrogens with zero attached hydrogens (tertiary/aromatic N) is 1. The number of nitrogens with one attached hydrogen (secondary N) is 3. The van der Waals surface area contributed by atoms with Crippen molar-refractivity contribution >= 4 is 23.8 Å². The van der Waals surface area contributed by atoms with E-state index in [1.807, 2.05) is 24.3 Å². The number of rotatable bonds is 8. The van der Waals surface area contributed by atoms with Crippen LogP contribution in [0.25, 0.3) is 0 Å². The van der Waals surface area contributed by atoms with Crippen LogP contribution in [0.4, 0.5) is 4.79 Å². The first-order valence-corrected chi connectivity index (χ1v) is 9.08. The van der Waals surface area contributed by atoms with E-state index in [2.05, 4.69) is 22.9 Å². The Balaban J connectivity index is 2.04. The summed E-state index contributed by atoms with van der Waals surface area (Å²) in [5.41, 5.74) is 0.593. The molecule has 0 aromatic heterocycles. The summed E-state index contributed by atoms with van der Waals surface area (Å²) in [5, 5.41) is 7.61. The number of carbonyl (C=O) groups excluding carboxylic acids is 4. The standard InChI is InChI=1S/C19H26N4O4/c1-4-6-13-7-9-14(10-8-13)19(3)17(26)23(18(27)22-19)12-16(25)21-11-15(24)20-5-2/h7-10H,4-6,11-12H2,1-3H3,(H,20,24)(H,21,25)(H,22,27)/t19-/m1/s1. The Hall–Kier alpha value is -2.90. The Kier molecular flexibility index (Phi) is 6.55. The summed E-state index contributed by atoms with van der Waals surface area (Å²) in [4.78, 5) is 49.3. The van der Waals surface area contributed by atoms with E-state index in [9.17, 15) is 19.2 Å². The minimum absolute atomic E-state index is 0.202. The molecule has 8 heteroatoms. The molecule has 1 aromatic carbocycles. The number of hydrogen-bond donors (Lipinski definition) is 3. The van der Waals surface area contributed by atoms with Gasteiger partial charge in [0.15, 0.2) is 0 Å². The lowest BCUT2D eigenvalue weighted by Gasteiger charge is -2.22. The number of benzene rings is 1. The normalized spacial score (nSPS) is 19.0. The van der Waals surface area contributed by atoms with Crippen LogP contribution in [0.5, 0.6) is 0 Å². The molecule has 5 amide bonds. The molecule has 0 unspecified atom stereocenters. The van der Waals surface area contributed by atoms with E-state index in [1.165, 1.54) is 0 Å². The molecule has 8 nitrogen and oxygen atoms in total. The zero-order valence-corrected chi connectivity index (χ0v) is 15.9. The van der Waals surface area contributed by atoms with Crippen LogP contribution >= 0.6 is 0 Å². The largest absolute Gasteiger partial charge is 0.355 e. The minimum atomic E-state index is -1.22. The Morgan fingerprint density at radius 3 is 2.33 bits per heavy atom. The molecule has 1 aromatic rings. The summed E-state index contributed by atoms with van der Waals surface area (Å²) >= 11 is 0. The van der Waals surface area contributed by atoms with Gasteiger partial charge in [0, 0.05) is 6.54 Å². The molecule has 0 saturated carbocycles. The number of likely N-dealkylation sites (N-methyl/N-ethyl adjacent to an activating group) is 1. The van der Waals surface area contributed by atoms with Gasteiger partial charge in [0.1, 0.15) is 12.1 Å². The van der Waals surface area contributed by atoms with Crippen molar-refractivity contribution < 1.29 is 19.2 Å². The molecular weight excluding hydrogens is 348 g/mol. The minimum Gasteiger partial charge on any atom is -0.355 e. The molecule has 2 rings (SSSR count). The van der Waals surface area contributed by atoms with Crippen molar-refractivity contribution in [3.63, 3.8) is 0 Å². The second kappa shape index (κ2) is 8.66. The SMILES string of the molecule is CCCc1ccc([C@@]2(C)NC(=O)N(CC(=O)NCC(=O)NCC)C2=O)cc1. The van der Waals surface area contributed by atoms with Crippen LogP contribution in [0.1, 0.15) is 38.3 Å². The molecule has 0 bridgehead atoms. The predicted molar refractivity (Wildman–Crippen MR) is 99.7 cm³/mol. The Morgan fingerprint density at radius 2 is 1.74 bits per heavy atom. The van der Waals surface area contributed by atoms with E-state index in [0.717, 1.165) is 23.3 Å². The van der Waals surface area contributed by atoms with Gasteiger partial charge in [0.05, 0.1) is 6.54 Å². The van der Waals surface area contributed by atoms with Crippen molar-refractivity contribution in [3.05, 3.63) is 35.4 Å². The van der Waals surface area contributed by atoms with E-state index in [4.69, 9.17) is 0 Å². The maximum Gasteiger partial charge on any atom is 0.325 e. The van der Waals surface area contributed by atoms with Gasteiger partial charge < -0.3 is 16.0 Å². The molecule has 1 heterocycles. The van der Waals surface area contributed by atoms with Crippen molar-refractivity contribution in [2.45, 2.75) is 39.2 Å². The molecular formula is C19H26N4O4. The first-order chi connectivity index (χ1) is 12.8. The number of amides is 5. The molecule has 1 aliphatic heterocycles. The topological polar surface area (TPSA) is 108 Å². The van der Waals surface area contributed by atoms with Gasteiger partial charge in [-0.25, -0.2) is 4.79 Å². The van der Waals surface area contributed by atoms with Crippen LogP contribution in [0.15, 0.2) is 24.3 Å². The second-order valence-electron chi connectivity index (χ2n) is 6.62. The molecule has 1 aliphatic rings. The average molecular weight is 374 g/mol. The van der Waals surface area contributed by atoms with Crippen LogP contribution in [0, 0.1) is 0 Å². The fraction of sp³-hybridized carbons (Fsp3) is 0.474. The number of carbonyl (C=O) groups is 4. The quantitative estimate of drug-likeness (QED) is 0.581. The third-order valence-electron chi connectivity index (χ3n) is 4.47. The molecule has 1 atom stereocenters. The van der Waals surface area contributed by atoms with Gasteiger partial charge in [-0.05, 0) is 31.4 Å². The third kappa shape index (κ3) is 4.64. The molecule has 0 radical (unpaired) electrons. The maximum absolute atomic E-state index is 12.8. The van der Waals surface area contributed by atoms with E-state index < -0.39 is 29.9 Å².